The van der Waals surface area contributed by atoms with Gasteiger partial charge in [0.25, 0.3) is 5.91 Å². The molecule has 1 aromatic heterocycles. The number of imide groups is 1. The molecule has 4 aromatic rings. The number of carbonyl (C=O) groups excluding carboxylic acids is 4. The van der Waals surface area contributed by atoms with E-state index in [0.717, 1.165) is 67.2 Å². The van der Waals surface area contributed by atoms with E-state index in [2.05, 4.69) is 57.3 Å². The number of nitrogens with zero attached hydrogens (tertiary/aromatic N) is 6. The number of alkyl halides is 3. The van der Waals surface area contributed by atoms with Crippen LogP contribution >= 0.6 is 65.6 Å². The van der Waals surface area contributed by atoms with Gasteiger partial charge in [-0.25, -0.2) is 14.1 Å². The summed E-state index contributed by atoms with van der Waals surface area (Å²) in [7, 11) is -2.07. The van der Waals surface area contributed by atoms with Gasteiger partial charge in [0.05, 0.1) is 78.5 Å². The number of rotatable bonds is 18. The summed E-state index contributed by atoms with van der Waals surface area (Å²) in [6.45, 7) is 18.4. The lowest BCUT2D eigenvalue weighted by atomic mass is 10.0. The Kier molecular flexibility index (Phi) is 34.9. The van der Waals surface area contributed by atoms with Crippen molar-refractivity contribution in [2.24, 2.45) is 0 Å². The number of methoxy groups -OCH3 is 1. The molecule has 30 heteroatoms. The van der Waals surface area contributed by atoms with Crippen molar-refractivity contribution < 1.29 is 66.8 Å². The standard InChI is InChI=1S/C17H17ClFNO4.C15H22ClNO2.C11H11Cl2NO2.C8H14ClN5.C3H8NO5P.C3H9S/c1-9(2)15-16(21)20(17(22)24-15)13-8-14(11(18)7-12(13)19)23-10-5-3-4-6-10;1-5-13-8-6-7-11(2)15(13)17(14(18)9-16)12(3)10-19-4;1-7-6-16-9-5-3-2-4-8(9)14(7)11(15)10(12)13;1-4-10-7-12-6(9)13-8(14-7)11-5(2)3;5-3(6)1-4-2-10(7,8)9;1-4(2)3/h7-8,10H,3-6H2,1-2H3;6-8,12H,5,9-10H2,1-4H3;2-5,7,10H,6H2,1H3;5H,4H2,1-3H3,(H2,10,11,12,13,14);4H,1-2H2,(H,5,6)(H2,7,8,9);1-3H3/q;;;;;+1/p-1. The van der Waals surface area contributed by atoms with E-state index >= 15 is 0 Å². The van der Waals surface area contributed by atoms with Gasteiger partial charge in [0.1, 0.15) is 37.4 Å². The fraction of sp³-hybridized carbons (Fsp3) is 0.509. The Labute approximate surface area is 537 Å². The van der Waals surface area contributed by atoms with E-state index in [1.807, 2.05) is 83.3 Å². The zero-order valence-electron chi connectivity index (χ0n) is 51.1. The van der Waals surface area contributed by atoms with Crippen LogP contribution < -0.4 is 45.0 Å². The molecule has 0 radical (unpaired) electrons. The number of aromatic nitrogens is 3. The molecule has 3 aromatic carbocycles. The monoisotopic (exact) mass is 1360 g/mol. The number of carboxylic acid groups (broad SMARTS) is 1. The largest absolute Gasteiger partial charge is 0.778 e. The zero-order chi connectivity index (χ0) is 65.9. The Balaban J connectivity index is 0.000000374. The van der Waals surface area contributed by atoms with E-state index in [-0.39, 0.29) is 69.4 Å². The Morgan fingerprint density at radius 2 is 1.60 bits per heavy atom. The Hall–Kier alpha value is -5.24. The smallest absolute Gasteiger partial charge is 0.427 e. The second-order valence-electron chi connectivity index (χ2n) is 20.3. The highest BCUT2D eigenvalue weighted by Gasteiger charge is 2.40. The van der Waals surface area contributed by atoms with Crippen LogP contribution in [-0.4, -0.2) is 148 Å². The van der Waals surface area contributed by atoms with E-state index in [1.54, 1.807) is 30.8 Å². The van der Waals surface area contributed by atoms with Crippen molar-refractivity contribution in [2.45, 2.75) is 123 Å². The average Bonchev–Trinajstić information content (AvgIpc) is 2.12. The molecule has 2 aliphatic heterocycles. The minimum Gasteiger partial charge on any atom is -0.778 e. The van der Waals surface area contributed by atoms with Gasteiger partial charge in [-0.2, -0.15) is 15.0 Å². The van der Waals surface area contributed by atoms with Crippen molar-refractivity contribution in [3.05, 3.63) is 93.2 Å². The summed E-state index contributed by atoms with van der Waals surface area (Å²) in [6.07, 6.45) is 9.75. The van der Waals surface area contributed by atoms with Gasteiger partial charge in [-0.1, -0.05) is 72.1 Å². The van der Waals surface area contributed by atoms with Gasteiger partial charge in [-0.05, 0) is 145 Å². The number of carbonyl (C=O) groups is 5. The molecule has 87 heavy (non-hydrogen) atoms. The Morgan fingerprint density at radius 1 is 0.977 bits per heavy atom. The SMILES string of the molecule is CC(C)=C1OC(=O)N(c2cc(OC3CCCC3)c(Cl)cc2F)C1=O.CC1COc2ccccc2N1C(=O)C(Cl)Cl.CCNc1nc(Cl)nc(NC(C)C)n1.CCc1cccc(C)c1N(C(=O)CCl)C(C)COC.C[S+](C)C.O=C(O)CNCP(=O)([O-])O. The summed E-state index contributed by atoms with van der Waals surface area (Å²) < 4.78 is 45.7. The number of para-hydroxylation sites is 3. The molecule has 3 atom stereocenters. The first-order chi connectivity index (χ1) is 40.8. The van der Waals surface area contributed by atoms with Gasteiger partial charge in [-0.15, -0.1) is 11.6 Å². The van der Waals surface area contributed by atoms with Crippen molar-refractivity contribution in [3.8, 4) is 11.5 Å². The quantitative estimate of drug-likeness (QED) is 0.0268. The van der Waals surface area contributed by atoms with Crippen LogP contribution in [0, 0.1) is 12.7 Å². The molecule has 1 saturated carbocycles. The predicted molar refractivity (Wildman–Crippen MR) is 344 cm³/mol. The Morgan fingerprint density at radius 3 is 2.13 bits per heavy atom. The number of fused-ring (bicyclic) bond motifs is 1. The number of hydrogen-bond donors (Lipinski definition) is 5. The first kappa shape index (κ1) is 77.9. The third-order valence-electron chi connectivity index (χ3n) is 11.7. The number of aryl methyl sites for hydroxylation is 2. The van der Waals surface area contributed by atoms with Crippen LogP contribution in [0.1, 0.15) is 92.2 Å². The lowest BCUT2D eigenvalue weighted by Gasteiger charge is -2.35. The molecule has 22 nitrogen and oxygen atoms in total. The van der Waals surface area contributed by atoms with Crippen LogP contribution in [0.25, 0.3) is 0 Å². The highest BCUT2D eigenvalue weighted by Crippen LogP contribution is 2.38. The average molecular weight is 1360 g/mol. The highest BCUT2D eigenvalue weighted by atomic mass is 35.5. The molecule has 4 amide bonds. The summed E-state index contributed by atoms with van der Waals surface area (Å²) in [5, 5.41) is 16.3. The Bertz CT molecular complexity index is 2980. The number of aliphatic carboxylic acids is 1. The topological polar surface area (TPSA) is 287 Å². The first-order valence-corrected chi connectivity index (χ1v) is 33.7. The number of benzene rings is 3. The molecule has 7 rings (SSSR count). The van der Waals surface area contributed by atoms with Crippen molar-refractivity contribution in [3.63, 3.8) is 0 Å². The first-order valence-electron chi connectivity index (χ1n) is 27.4. The van der Waals surface area contributed by atoms with Crippen LogP contribution in [0.2, 0.25) is 10.3 Å². The van der Waals surface area contributed by atoms with Crippen LogP contribution in [0.3, 0.4) is 0 Å². The highest BCUT2D eigenvalue weighted by molar-refractivity contribution is 7.94. The minimum absolute atomic E-state index is 0.00962. The van der Waals surface area contributed by atoms with Crippen LogP contribution in [0.4, 0.5) is 38.1 Å². The third-order valence-corrected chi connectivity index (χ3v) is 13.3. The van der Waals surface area contributed by atoms with Crippen LogP contribution in [0.15, 0.2) is 65.9 Å². The molecular weight excluding hydrogens is 1280 g/mol. The lowest BCUT2D eigenvalue weighted by Crippen LogP contribution is -2.47. The number of nitrogens with one attached hydrogen (secondary N) is 3. The molecule has 1 saturated heterocycles. The van der Waals surface area contributed by atoms with Gasteiger partial charge < -0.3 is 58.8 Å². The molecule has 2 fully saturated rings. The number of ether oxygens (including phenoxy) is 4. The maximum atomic E-state index is 14.3. The predicted octanol–water partition coefficient (Wildman–Crippen LogP) is 10.8. The normalized spacial score (nSPS) is 15.2. The van der Waals surface area contributed by atoms with Gasteiger partial charge in [0, 0.05) is 25.8 Å². The van der Waals surface area contributed by atoms with Crippen molar-refractivity contribution >= 4 is 135 Å². The second-order valence-corrected chi connectivity index (χ2v) is 26.4. The number of allylic oxidation sites excluding steroid dienone is 1. The summed E-state index contributed by atoms with van der Waals surface area (Å²) in [5.41, 5.74) is 4.24. The summed E-state index contributed by atoms with van der Waals surface area (Å²) >= 11 is 28.8. The molecular formula is C57H80Cl5FN9O13PS. The van der Waals surface area contributed by atoms with E-state index < -0.39 is 49.0 Å². The molecule has 0 spiro atoms. The van der Waals surface area contributed by atoms with E-state index in [0.29, 0.717) is 52.2 Å². The molecule has 1 aliphatic carbocycles. The number of carboxylic acids is 1. The fourth-order valence-corrected chi connectivity index (χ4v) is 9.22. The third kappa shape index (κ3) is 26.8. The maximum Gasteiger partial charge on any atom is 0.427 e. The number of anilines is 5. The molecule has 0 bridgehead atoms. The van der Waals surface area contributed by atoms with Gasteiger partial charge in [-0.3, -0.25) is 24.5 Å². The maximum absolute atomic E-state index is 14.3. The zero-order valence-corrected chi connectivity index (χ0v) is 56.5. The second kappa shape index (κ2) is 39.0. The van der Waals surface area contributed by atoms with Crippen molar-refractivity contribution in [1.29, 1.82) is 0 Å². The molecule has 3 unspecified atom stereocenters. The number of halogens is 6. The van der Waals surface area contributed by atoms with Gasteiger partial charge in [0.15, 0.2) is 10.6 Å². The number of cyclic esters (lactones) is 1. The molecule has 3 heterocycles. The van der Waals surface area contributed by atoms with Crippen molar-refractivity contribution in [2.75, 3.05) is 89.7 Å². The summed E-state index contributed by atoms with van der Waals surface area (Å²) in [6, 6.07) is 15.9. The lowest BCUT2D eigenvalue weighted by molar-refractivity contribution is -0.193. The van der Waals surface area contributed by atoms with Gasteiger partial charge in [0.2, 0.25) is 23.1 Å². The van der Waals surface area contributed by atoms with Crippen LogP contribution in [-0.2, 0) is 50.5 Å². The van der Waals surface area contributed by atoms with Gasteiger partial charge >= 0.3 is 18.0 Å². The summed E-state index contributed by atoms with van der Waals surface area (Å²) in [4.78, 5) is 91.1. The van der Waals surface area contributed by atoms with E-state index in [9.17, 15) is 37.8 Å². The number of hydrogen-bond acceptors (Lipinski definition) is 17. The number of amides is 4. The molecule has 5 N–H and O–H groups in total. The van der Waals surface area contributed by atoms with Crippen LogP contribution in [0.5, 0.6) is 11.5 Å². The fourth-order valence-electron chi connectivity index (χ4n) is 8.13. The van der Waals surface area contributed by atoms with E-state index in [1.165, 1.54) is 6.07 Å². The summed E-state index contributed by atoms with van der Waals surface area (Å²) in [5.74, 6) is -1.25. The molecule has 3 aliphatic rings. The van der Waals surface area contributed by atoms with Crippen molar-refractivity contribution in [1.82, 2.24) is 20.3 Å². The molecule has 484 valence electrons. The minimum atomic E-state index is -4.35. The van der Waals surface area contributed by atoms with E-state index in [4.69, 9.17) is 87.0 Å².